The number of rotatable bonds is 6. The van der Waals surface area contributed by atoms with Crippen molar-refractivity contribution in [3.05, 3.63) is 52.8 Å². The van der Waals surface area contributed by atoms with Crippen LogP contribution in [0.4, 0.5) is 0 Å². The Morgan fingerprint density at radius 2 is 1.75 bits per heavy atom. The first-order valence-electron chi connectivity index (χ1n) is 7.88. The number of methoxy groups -OCH3 is 1. The van der Waals surface area contributed by atoms with E-state index >= 15 is 0 Å². The van der Waals surface area contributed by atoms with E-state index in [2.05, 4.69) is 23.2 Å². The Balaban J connectivity index is 2.06. The summed E-state index contributed by atoms with van der Waals surface area (Å²) in [6.45, 7) is 8.09. The van der Waals surface area contributed by atoms with Crippen LogP contribution < -0.4 is 4.74 Å². The van der Waals surface area contributed by atoms with E-state index in [9.17, 15) is 9.59 Å². The predicted molar refractivity (Wildman–Crippen MR) is 91.9 cm³/mol. The van der Waals surface area contributed by atoms with Gasteiger partial charge in [-0.25, -0.2) is 4.79 Å². The molecule has 0 spiro atoms. The Kier molecular flexibility index (Phi) is 5.44. The van der Waals surface area contributed by atoms with Crippen molar-refractivity contribution in [1.29, 1.82) is 0 Å². The third-order valence-electron chi connectivity index (χ3n) is 3.95. The lowest BCUT2D eigenvalue weighted by atomic mass is 10.1. The highest BCUT2D eigenvalue weighted by molar-refractivity contribution is 5.98. The van der Waals surface area contributed by atoms with E-state index < -0.39 is 5.97 Å². The number of carbonyl (C=O) groups is 2. The number of Topliss-reactive ketones (excluding diaryl/α,β-unsaturated/α-hetero) is 1. The molecule has 0 saturated heterocycles. The van der Waals surface area contributed by atoms with E-state index in [0.29, 0.717) is 22.9 Å². The normalized spacial score (nSPS) is 10.8. The first-order valence-corrected chi connectivity index (χ1v) is 7.88. The van der Waals surface area contributed by atoms with Gasteiger partial charge in [0.2, 0.25) is 5.78 Å². The maximum absolute atomic E-state index is 12.4. The first kappa shape index (κ1) is 17.8. The topological polar surface area (TPSA) is 57.5 Å². The van der Waals surface area contributed by atoms with E-state index in [-0.39, 0.29) is 12.4 Å². The number of nitrogens with zero attached hydrogens (tertiary/aromatic N) is 1. The molecule has 0 fully saturated rings. The highest BCUT2D eigenvalue weighted by Crippen LogP contribution is 2.21. The van der Waals surface area contributed by atoms with Crippen molar-refractivity contribution in [1.82, 2.24) is 4.57 Å². The summed E-state index contributed by atoms with van der Waals surface area (Å²) < 4.78 is 12.3. The lowest BCUT2D eigenvalue weighted by Crippen LogP contribution is -2.13. The molecule has 128 valence electrons. The number of ketones is 1. The van der Waals surface area contributed by atoms with E-state index in [0.717, 1.165) is 11.4 Å². The number of benzene rings is 1. The maximum Gasteiger partial charge on any atom is 0.337 e. The summed E-state index contributed by atoms with van der Waals surface area (Å²) in [5.74, 6) is 0.0690. The quantitative estimate of drug-likeness (QED) is 0.598. The fourth-order valence-corrected chi connectivity index (χ4v) is 2.89. The van der Waals surface area contributed by atoms with Crippen LogP contribution in [0.3, 0.4) is 0 Å². The summed E-state index contributed by atoms with van der Waals surface area (Å²) in [6.07, 6.45) is 0. The van der Waals surface area contributed by atoms with E-state index in [1.54, 1.807) is 24.3 Å². The molecule has 2 aromatic rings. The van der Waals surface area contributed by atoms with E-state index in [1.807, 2.05) is 19.9 Å². The van der Waals surface area contributed by atoms with Crippen molar-refractivity contribution >= 4 is 11.8 Å². The SMILES string of the molecule is COC(=O)c1ccc(OCC(=O)c2cc(C)n(C(C)C)c2C)cc1. The second kappa shape index (κ2) is 7.34. The summed E-state index contributed by atoms with van der Waals surface area (Å²) in [7, 11) is 1.33. The van der Waals surface area contributed by atoms with Crippen LogP contribution in [0, 0.1) is 13.8 Å². The summed E-state index contributed by atoms with van der Waals surface area (Å²) in [6, 6.07) is 8.72. The molecule has 0 bridgehead atoms. The van der Waals surface area contributed by atoms with Crippen molar-refractivity contribution < 1.29 is 19.1 Å². The second-order valence-corrected chi connectivity index (χ2v) is 5.98. The minimum atomic E-state index is -0.404. The van der Waals surface area contributed by atoms with Gasteiger partial charge in [0.1, 0.15) is 5.75 Å². The molecule has 0 aliphatic heterocycles. The van der Waals surface area contributed by atoms with Crippen LogP contribution in [-0.2, 0) is 4.74 Å². The monoisotopic (exact) mass is 329 g/mol. The smallest absolute Gasteiger partial charge is 0.337 e. The highest BCUT2D eigenvalue weighted by Gasteiger charge is 2.17. The Bertz CT molecular complexity index is 741. The van der Waals surface area contributed by atoms with Crippen LogP contribution in [0.5, 0.6) is 5.75 Å². The van der Waals surface area contributed by atoms with E-state index in [1.165, 1.54) is 7.11 Å². The van der Waals surface area contributed by atoms with Gasteiger partial charge in [0.05, 0.1) is 12.7 Å². The molecule has 1 aromatic carbocycles. The number of aromatic nitrogens is 1. The molecule has 0 aliphatic carbocycles. The molecule has 1 aromatic heterocycles. The summed E-state index contributed by atoms with van der Waals surface area (Å²) in [5, 5.41) is 0. The van der Waals surface area contributed by atoms with Crippen molar-refractivity contribution in [2.75, 3.05) is 13.7 Å². The van der Waals surface area contributed by atoms with Gasteiger partial charge in [-0.3, -0.25) is 4.79 Å². The van der Waals surface area contributed by atoms with Crippen LogP contribution in [0.2, 0.25) is 0 Å². The first-order chi connectivity index (χ1) is 11.3. The summed E-state index contributed by atoms with van der Waals surface area (Å²) in [5.41, 5.74) is 3.15. The lowest BCUT2D eigenvalue weighted by molar-refractivity contribution is 0.0600. The predicted octanol–water partition coefficient (Wildman–Crippen LogP) is 3.73. The van der Waals surface area contributed by atoms with Gasteiger partial charge in [-0.2, -0.15) is 0 Å². The minimum absolute atomic E-state index is 0.0417. The van der Waals surface area contributed by atoms with Crippen molar-refractivity contribution in [2.45, 2.75) is 33.7 Å². The summed E-state index contributed by atoms with van der Waals surface area (Å²) in [4.78, 5) is 23.8. The average Bonchev–Trinajstić information content (AvgIpc) is 2.87. The zero-order valence-corrected chi connectivity index (χ0v) is 14.8. The zero-order chi connectivity index (χ0) is 17.9. The third kappa shape index (κ3) is 3.67. The van der Waals surface area contributed by atoms with Crippen molar-refractivity contribution in [3.63, 3.8) is 0 Å². The number of carbonyl (C=O) groups excluding carboxylic acids is 2. The standard InChI is InChI=1S/C19H23NO4/c1-12(2)20-13(3)10-17(14(20)4)18(21)11-24-16-8-6-15(7-9-16)19(22)23-5/h6-10,12H,11H2,1-5H3. The van der Waals surface area contributed by atoms with Gasteiger partial charge in [-0.1, -0.05) is 0 Å². The zero-order valence-electron chi connectivity index (χ0n) is 14.8. The molecular weight excluding hydrogens is 306 g/mol. The van der Waals surface area contributed by atoms with Gasteiger partial charge in [-0.05, 0) is 58.0 Å². The molecule has 1 heterocycles. The average molecular weight is 329 g/mol. The lowest BCUT2D eigenvalue weighted by Gasteiger charge is -2.13. The molecule has 5 nitrogen and oxygen atoms in total. The Morgan fingerprint density at radius 1 is 1.12 bits per heavy atom. The summed E-state index contributed by atoms with van der Waals surface area (Å²) >= 11 is 0. The molecule has 5 heteroatoms. The van der Waals surface area contributed by atoms with Gasteiger partial charge in [0.25, 0.3) is 0 Å². The van der Waals surface area contributed by atoms with Crippen LogP contribution in [-0.4, -0.2) is 30.0 Å². The van der Waals surface area contributed by atoms with Gasteiger partial charge in [0, 0.05) is 23.0 Å². The van der Waals surface area contributed by atoms with Crippen LogP contribution in [0.25, 0.3) is 0 Å². The Labute approximate surface area is 142 Å². The van der Waals surface area contributed by atoms with E-state index in [4.69, 9.17) is 4.74 Å². The van der Waals surface area contributed by atoms with Gasteiger partial charge < -0.3 is 14.0 Å². The minimum Gasteiger partial charge on any atom is -0.485 e. The number of esters is 1. The fourth-order valence-electron chi connectivity index (χ4n) is 2.89. The van der Waals surface area contributed by atoms with Crippen molar-refractivity contribution in [2.24, 2.45) is 0 Å². The largest absolute Gasteiger partial charge is 0.485 e. The van der Waals surface area contributed by atoms with Gasteiger partial charge >= 0.3 is 5.97 Å². The number of hydrogen-bond acceptors (Lipinski definition) is 4. The second-order valence-electron chi connectivity index (χ2n) is 5.98. The third-order valence-corrected chi connectivity index (χ3v) is 3.95. The molecule has 2 rings (SSSR count). The molecular formula is C19H23NO4. The maximum atomic E-state index is 12.4. The van der Waals surface area contributed by atoms with Crippen LogP contribution >= 0.6 is 0 Å². The molecule has 0 saturated carbocycles. The molecule has 0 aliphatic rings. The molecule has 0 atom stereocenters. The number of ether oxygens (including phenoxy) is 2. The van der Waals surface area contributed by atoms with Crippen LogP contribution in [0.1, 0.15) is 52.0 Å². The Morgan fingerprint density at radius 3 is 2.25 bits per heavy atom. The molecule has 0 radical (unpaired) electrons. The van der Waals surface area contributed by atoms with Crippen LogP contribution in [0.15, 0.2) is 30.3 Å². The molecule has 24 heavy (non-hydrogen) atoms. The molecule has 0 N–H and O–H groups in total. The van der Waals surface area contributed by atoms with Crippen molar-refractivity contribution in [3.8, 4) is 5.75 Å². The molecule has 0 unspecified atom stereocenters. The Hall–Kier alpha value is -2.56. The van der Waals surface area contributed by atoms with Gasteiger partial charge in [0.15, 0.2) is 6.61 Å². The number of aryl methyl sites for hydroxylation is 1. The number of hydrogen-bond donors (Lipinski definition) is 0. The highest BCUT2D eigenvalue weighted by atomic mass is 16.5. The van der Waals surface area contributed by atoms with Gasteiger partial charge in [-0.15, -0.1) is 0 Å². The molecule has 0 amide bonds. The fraction of sp³-hybridized carbons (Fsp3) is 0.368.